The molecule has 1 atom stereocenters. The lowest BCUT2D eigenvalue weighted by molar-refractivity contribution is 0.320. The van der Waals surface area contributed by atoms with E-state index < -0.39 is 5.92 Å². The number of benzene rings is 1. The van der Waals surface area contributed by atoms with Crippen LogP contribution >= 0.6 is 0 Å². The minimum atomic E-state index is -0.537. The summed E-state index contributed by atoms with van der Waals surface area (Å²) in [6, 6.07) is 6.30. The Morgan fingerprint density at radius 3 is 2.44 bits per heavy atom. The third-order valence-corrected chi connectivity index (χ3v) is 4.77. The molecule has 1 aromatic carbocycles. The summed E-state index contributed by atoms with van der Waals surface area (Å²) < 4.78 is 10.8. The van der Waals surface area contributed by atoms with E-state index in [0.29, 0.717) is 17.0 Å². The minimum absolute atomic E-state index is 0.230. The van der Waals surface area contributed by atoms with Gasteiger partial charge in [-0.15, -0.1) is 0 Å². The molecule has 1 aliphatic heterocycles. The van der Waals surface area contributed by atoms with E-state index in [9.17, 15) is 5.26 Å². The van der Waals surface area contributed by atoms with Crippen molar-refractivity contribution in [1.29, 1.82) is 5.26 Å². The molecular formula is C20H25N5O2. The topological polar surface area (TPSA) is 83.6 Å². The zero-order chi connectivity index (χ0) is 19.8. The summed E-state index contributed by atoms with van der Waals surface area (Å²) in [6.07, 6.45) is 1.65. The first-order chi connectivity index (χ1) is 12.8. The molecule has 1 unspecified atom stereocenters. The van der Waals surface area contributed by atoms with E-state index in [0.717, 1.165) is 23.3 Å². The Hall–Kier alpha value is -2.88. The van der Waals surface area contributed by atoms with E-state index in [1.165, 1.54) is 0 Å². The van der Waals surface area contributed by atoms with Gasteiger partial charge in [-0.25, -0.2) is 0 Å². The lowest BCUT2D eigenvalue weighted by Gasteiger charge is -2.28. The van der Waals surface area contributed by atoms with Gasteiger partial charge in [-0.3, -0.25) is 4.99 Å². The van der Waals surface area contributed by atoms with Gasteiger partial charge in [0, 0.05) is 29.6 Å². The number of hydrogen-bond donors (Lipinski definition) is 0. The first-order valence-corrected chi connectivity index (χ1v) is 8.94. The highest BCUT2D eigenvalue weighted by molar-refractivity contribution is 5.98. The quantitative estimate of drug-likeness (QED) is 0.807. The summed E-state index contributed by atoms with van der Waals surface area (Å²) in [6.45, 7) is 9.18. The Kier molecular flexibility index (Phi) is 4.92. The van der Waals surface area contributed by atoms with Crippen molar-refractivity contribution in [2.24, 2.45) is 4.99 Å². The van der Waals surface area contributed by atoms with Crippen molar-refractivity contribution < 1.29 is 9.47 Å². The Labute approximate surface area is 159 Å². The highest BCUT2D eigenvalue weighted by atomic mass is 16.5. The third kappa shape index (κ3) is 3.39. The van der Waals surface area contributed by atoms with Crippen molar-refractivity contribution in [2.45, 2.75) is 45.2 Å². The van der Waals surface area contributed by atoms with E-state index in [-0.39, 0.29) is 11.6 Å². The summed E-state index contributed by atoms with van der Waals surface area (Å²) in [5, 5.41) is 19.2. The molecule has 0 N–H and O–H groups in total. The number of nitrogens with zero attached hydrogens (tertiary/aromatic N) is 5. The van der Waals surface area contributed by atoms with Crippen LogP contribution in [0.5, 0.6) is 11.5 Å². The van der Waals surface area contributed by atoms with Gasteiger partial charge in [0.05, 0.1) is 37.5 Å². The molecule has 0 amide bonds. The smallest absolute Gasteiger partial charge is 0.162 e. The maximum Gasteiger partial charge on any atom is 0.162 e. The molecule has 0 saturated carbocycles. The summed E-state index contributed by atoms with van der Waals surface area (Å²) >= 11 is 0. The Balaban J connectivity index is 2.19. The number of aromatic nitrogens is 2. The zero-order valence-electron chi connectivity index (χ0n) is 16.6. The van der Waals surface area contributed by atoms with Crippen LogP contribution in [0.4, 0.5) is 0 Å². The molecule has 0 spiro atoms. The second kappa shape index (κ2) is 7.03. The minimum Gasteiger partial charge on any atom is -0.493 e. The van der Waals surface area contributed by atoms with Crippen LogP contribution in [0.15, 0.2) is 23.3 Å². The largest absolute Gasteiger partial charge is 0.493 e. The number of ether oxygens (including phenoxy) is 2. The fraction of sp³-hybridized carbons (Fsp3) is 0.500. The molecule has 27 heavy (non-hydrogen) atoms. The molecule has 1 aliphatic rings. The summed E-state index contributed by atoms with van der Waals surface area (Å²) in [7, 11) is 3.17. The average Bonchev–Trinajstić information content (AvgIpc) is 2.97. The number of rotatable bonds is 5. The van der Waals surface area contributed by atoms with Crippen LogP contribution in [-0.4, -0.2) is 53.3 Å². The fourth-order valence-corrected chi connectivity index (χ4v) is 3.49. The summed E-state index contributed by atoms with van der Waals surface area (Å²) in [5.74, 6) is 1.41. The lowest BCUT2D eigenvalue weighted by atomic mass is 9.95. The molecule has 2 heterocycles. The number of fused-ring (bicyclic) bond motifs is 1. The highest BCUT2D eigenvalue weighted by Crippen LogP contribution is 2.36. The summed E-state index contributed by atoms with van der Waals surface area (Å²) in [4.78, 5) is 7.07. The van der Waals surface area contributed by atoms with Crippen molar-refractivity contribution in [3.05, 3.63) is 23.9 Å². The van der Waals surface area contributed by atoms with Gasteiger partial charge in [0.25, 0.3) is 0 Å². The standard InChI is InChI=1S/C20H25N5O2/c1-12(2)25-11-20(3,4)23-19(25)14(9-21)15-10-22-24-16-8-18(27-6)17(26-5)7-13(15)16/h7-8,10,12,14H,11H2,1-6H3. The fourth-order valence-electron chi connectivity index (χ4n) is 3.49. The molecule has 0 bridgehead atoms. The van der Waals surface area contributed by atoms with Gasteiger partial charge >= 0.3 is 0 Å². The molecule has 0 fully saturated rings. The molecule has 7 heteroatoms. The molecule has 7 nitrogen and oxygen atoms in total. The predicted octanol–water partition coefficient (Wildman–Crippen LogP) is 3.16. The van der Waals surface area contributed by atoms with Gasteiger partial charge < -0.3 is 14.4 Å². The Morgan fingerprint density at radius 1 is 1.19 bits per heavy atom. The zero-order valence-corrected chi connectivity index (χ0v) is 16.6. The average molecular weight is 367 g/mol. The molecule has 3 rings (SSSR count). The highest BCUT2D eigenvalue weighted by Gasteiger charge is 2.37. The van der Waals surface area contributed by atoms with E-state index >= 15 is 0 Å². The molecule has 2 aromatic rings. The van der Waals surface area contributed by atoms with Crippen molar-refractivity contribution in [1.82, 2.24) is 15.1 Å². The van der Waals surface area contributed by atoms with E-state index in [4.69, 9.17) is 14.5 Å². The van der Waals surface area contributed by atoms with Crippen LogP contribution in [0.3, 0.4) is 0 Å². The van der Waals surface area contributed by atoms with Crippen LogP contribution in [0.25, 0.3) is 10.9 Å². The van der Waals surface area contributed by atoms with Gasteiger partial charge in [-0.05, 0) is 33.8 Å². The van der Waals surface area contributed by atoms with Crippen LogP contribution in [0.1, 0.15) is 39.2 Å². The number of methoxy groups -OCH3 is 2. The molecular weight excluding hydrogens is 342 g/mol. The molecule has 1 aromatic heterocycles. The van der Waals surface area contributed by atoms with Crippen molar-refractivity contribution in [3.63, 3.8) is 0 Å². The van der Waals surface area contributed by atoms with Gasteiger partial charge in [0.1, 0.15) is 11.8 Å². The predicted molar refractivity (Wildman–Crippen MR) is 104 cm³/mol. The number of nitriles is 1. The van der Waals surface area contributed by atoms with E-state index in [1.807, 2.05) is 6.07 Å². The number of aliphatic imine (C=N–C) groups is 1. The second-order valence-corrected chi connectivity index (χ2v) is 7.59. The van der Waals surface area contributed by atoms with Crippen LogP contribution < -0.4 is 9.47 Å². The Morgan fingerprint density at radius 2 is 1.85 bits per heavy atom. The molecule has 142 valence electrons. The molecule has 0 aliphatic carbocycles. The molecule has 0 saturated heterocycles. The number of amidine groups is 1. The monoisotopic (exact) mass is 367 g/mol. The van der Waals surface area contributed by atoms with Crippen molar-refractivity contribution in [2.75, 3.05) is 20.8 Å². The summed E-state index contributed by atoms with van der Waals surface area (Å²) in [5.41, 5.74) is 1.19. The first-order valence-electron chi connectivity index (χ1n) is 8.94. The van der Waals surface area contributed by atoms with Crippen LogP contribution in [0.2, 0.25) is 0 Å². The van der Waals surface area contributed by atoms with Gasteiger partial charge in [-0.2, -0.15) is 15.5 Å². The van der Waals surface area contributed by atoms with Crippen molar-refractivity contribution in [3.8, 4) is 17.6 Å². The maximum absolute atomic E-state index is 10.0. The normalized spacial score (nSPS) is 17.0. The SMILES string of the molecule is COc1cc2nncc(C(C#N)C3=NC(C)(C)CN3C(C)C)c2cc1OC. The Bertz CT molecular complexity index is 930. The van der Waals surface area contributed by atoms with Gasteiger partial charge in [0.15, 0.2) is 11.5 Å². The lowest BCUT2D eigenvalue weighted by Crippen LogP contribution is -2.39. The van der Waals surface area contributed by atoms with E-state index in [2.05, 4.69) is 48.9 Å². The van der Waals surface area contributed by atoms with Gasteiger partial charge in [-0.1, -0.05) is 0 Å². The second-order valence-electron chi connectivity index (χ2n) is 7.59. The van der Waals surface area contributed by atoms with E-state index in [1.54, 1.807) is 26.5 Å². The van der Waals surface area contributed by atoms with Gasteiger partial charge in [0.2, 0.25) is 0 Å². The van der Waals surface area contributed by atoms with Crippen molar-refractivity contribution >= 4 is 16.7 Å². The maximum atomic E-state index is 10.0. The van der Waals surface area contributed by atoms with Crippen LogP contribution in [0, 0.1) is 11.3 Å². The number of hydrogen-bond acceptors (Lipinski definition) is 7. The third-order valence-electron chi connectivity index (χ3n) is 4.77. The van der Waals surface area contributed by atoms with Crippen LogP contribution in [-0.2, 0) is 0 Å². The first kappa shape index (κ1) is 18.9. The molecule has 0 radical (unpaired) electrons.